The van der Waals surface area contributed by atoms with Gasteiger partial charge >= 0.3 is 0 Å². The summed E-state index contributed by atoms with van der Waals surface area (Å²) >= 11 is 0. The number of hydrogen-bond acceptors (Lipinski definition) is 3. The lowest BCUT2D eigenvalue weighted by Gasteiger charge is -2.26. The summed E-state index contributed by atoms with van der Waals surface area (Å²) in [5.41, 5.74) is 2.59. The van der Waals surface area contributed by atoms with Crippen LogP contribution < -0.4 is 5.32 Å². The van der Waals surface area contributed by atoms with Gasteiger partial charge in [-0.3, -0.25) is 0 Å². The maximum Gasteiger partial charge on any atom is 0.172 e. The van der Waals surface area contributed by atoms with Crippen LogP contribution in [0.5, 0.6) is 0 Å². The summed E-state index contributed by atoms with van der Waals surface area (Å²) in [6.07, 6.45) is 0.716. The number of benzene rings is 1. The van der Waals surface area contributed by atoms with Crippen molar-refractivity contribution in [2.24, 2.45) is 0 Å². The average molecular weight is 251 g/mol. The van der Waals surface area contributed by atoms with Gasteiger partial charge in [0.05, 0.1) is 6.04 Å². The van der Waals surface area contributed by atoms with Gasteiger partial charge in [0, 0.05) is 13.2 Å². The average Bonchev–Trinajstić information content (AvgIpc) is 2.36. The fourth-order valence-corrected chi connectivity index (χ4v) is 2.04. The highest BCUT2D eigenvalue weighted by molar-refractivity contribution is 5.23. The van der Waals surface area contributed by atoms with Crippen LogP contribution >= 0.6 is 0 Å². The molecule has 0 aliphatic carbocycles. The quantitative estimate of drug-likeness (QED) is 0.720. The van der Waals surface area contributed by atoms with Gasteiger partial charge in [0.1, 0.15) is 0 Å². The Morgan fingerprint density at radius 3 is 2.33 bits per heavy atom. The highest BCUT2D eigenvalue weighted by atomic mass is 16.7. The molecule has 0 saturated carbocycles. The van der Waals surface area contributed by atoms with Gasteiger partial charge in [-0.15, -0.1) is 0 Å². The van der Waals surface area contributed by atoms with Gasteiger partial charge in [0.2, 0.25) is 0 Å². The van der Waals surface area contributed by atoms with E-state index < -0.39 is 0 Å². The molecule has 0 fully saturated rings. The first-order chi connectivity index (χ1) is 8.71. The smallest absolute Gasteiger partial charge is 0.172 e. The zero-order valence-electron chi connectivity index (χ0n) is 11.9. The molecule has 0 spiro atoms. The molecule has 1 rings (SSSR count). The van der Waals surface area contributed by atoms with Gasteiger partial charge in [-0.05, 0) is 39.8 Å². The van der Waals surface area contributed by atoms with Gasteiger partial charge in [-0.2, -0.15) is 0 Å². The van der Waals surface area contributed by atoms with E-state index in [1.54, 1.807) is 0 Å². The molecule has 3 nitrogen and oxygen atoms in total. The molecule has 102 valence electrons. The van der Waals surface area contributed by atoms with Crippen molar-refractivity contribution in [1.29, 1.82) is 0 Å². The molecule has 1 aromatic rings. The Bertz CT molecular complexity index is 335. The van der Waals surface area contributed by atoms with Gasteiger partial charge < -0.3 is 14.8 Å². The van der Waals surface area contributed by atoms with E-state index >= 15 is 0 Å². The van der Waals surface area contributed by atoms with Gasteiger partial charge in [-0.25, -0.2) is 0 Å². The van der Waals surface area contributed by atoms with Crippen LogP contribution in [0.4, 0.5) is 0 Å². The summed E-state index contributed by atoms with van der Waals surface area (Å²) in [7, 11) is 1.95. The van der Waals surface area contributed by atoms with Crippen LogP contribution in [-0.2, 0) is 15.9 Å². The van der Waals surface area contributed by atoms with E-state index in [2.05, 4.69) is 36.5 Å². The Kier molecular flexibility index (Phi) is 6.94. The summed E-state index contributed by atoms with van der Waals surface area (Å²) in [5.74, 6) is 0. The topological polar surface area (TPSA) is 30.5 Å². The van der Waals surface area contributed by atoms with Crippen molar-refractivity contribution < 1.29 is 9.47 Å². The van der Waals surface area contributed by atoms with Crippen molar-refractivity contribution >= 4 is 0 Å². The van der Waals surface area contributed by atoms with Crippen molar-refractivity contribution in [3.8, 4) is 0 Å². The minimum atomic E-state index is -0.189. The third-order valence-corrected chi connectivity index (χ3v) is 2.90. The lowest BCUT2D eigenvalue weighted by atomic mass is 10.0. The fraction of sp³-hybridized carbons (Fsp3) is 0.600. The number of rotatable bonds is 8. The second-order valence-electron chi connectivity index (χ2n) is 4.37. The van der Waals surface area contributed by atoms with Gasteiger partial charge in [0.15, 0.2) is 6.29 Å². The Balaban J connectivity index is 2.69. The summed E-state index contributed by atoms with van der Waals surface area (Å²) in [4.78, 5) is 0. The van der Waals surface area contributed by atoms with Gasteiger partial charge in [0.25, 0.3) is 0 Å². The normalized spacial score (nSPS) is 12.9. The summed E-state index contributed by atoms with van der Waals surface area (Å²) in [6, 6.07) is 8.73. The van der Waals surface area contributed by atoms with Crippen LogP contribution in [0, 0.1) is 6.92 Å². The highest BCUT2D eigenvalue weighted by Crippen LogP contribution is 2.11. The van der Waals surface area contributed by atoms with E-state index in [0.717, 1.165) is 6.42 Å². The third kappa shape index (κ3) is 4.77. The molecule has 0 aliphatic heterocycles. The lowest BCUT2D eigenvalue weighted by molar-refractivity contribution is -0.152. The maximum absolute atomic E-state index is 5.65. The Morgan fingerprint density at radius 2 is 1.83 bits per heavy atom. The second kappa shape index (κ2) is 8.25. The summed E-state index contributed by atoms with van der Waals surface area (Å²) in [6.45, 7) is 7.42. The third-order valence-electron chi connectivity index (χ3n) is 2.90. The molecule has 0 aliphatic rings. The van der Waals surface area contributed by atoms with Crippen molar-refractivity contribution in [2.45, 2.75) is 39.5 Å². The molecule has 0 saturated heterocycles. The molecule has 0 bridgehead atoms. The molecule has 18 heavy (non-hydrogen) atoms. The molecule has 1 atom stereocenters. The van der Waals surface area contributed by atoms with Crippen LogP contribution in [-0.4, -0.2) is 32.6 Å². The Labute approximate surface area is 110 Å². The fourth-order valence-electron chi connectivity index (χ4n) is 2.04. The molecule has 0 amide bonds. The van der Waals surface area contributed by atoms with Crippen molar-refractivity contribution in [3.05, 3.63) is 35.4 Å². The summed E-state index contributed by atoms with van der Waals surface area (Å²) < 4.78 is 11.3. The van der Waals surface area contributed by atoms with Crippen LogP contribution in [0.25, 0.3) is 0 Å². The minimum Gasteiger partial charge on any atom is -0.351 e. The number of aryl methyl sites for hydroxylation is 1. The second-order valence-corrected chi connectivity index (χ2v) is 4.37. The number of hydrogen-bond donors (Lipinski definition) is 1. The molecular weight excluding hydrogens is 226 g/mol. The minimum absolute atomic E-state index is 0.173. The van der Waals surface area contributed by atoms with E-state index in [9.17, 15) is 0 Å². The zero-order valence-corrected chi connectivity index (χ0v) is 11.9. The maximum atomic E-state index is 5.65. The predicted octanol–water partition coefficient (Wildman–Crippen LogP) is 2.52. The SMILES string of the molecule is CCOC(OCC)C(Cc1cccc(C)c1)NC. The Morgan fingerprint density at radius 1 is 1.17 bits per heavy atom. The first-order valence-electron chi connectivity index (χ1n) is 6.67. The largest absolute Gasteiger partial charge is 0.351 e. The van der Waals surface area contributed by atoms with Gasteiger partial charge in [-0.1, -0.05) is 29.8 Å². The first kappa shape index (κ1) is 15.2. The molecule has 0 radical (unpaired) electrons. The standard InChI is InChI=1S/C15H25NO2/c1-5-17-15(18-6-2)14(16-4)11-13-9-7-8-12(3)10-13/h7-10,14-16H,5-6,11H2,1-4H3. The van der Waals surface area contributed by atoms with Crippen LogP contribution in [0.2, 0.25) is 0 Å². The molecule has 0 heterocycles. The zero-order chi connectivity index (χ0) is 13.4. The lowest BCUT2D eigenvalue weighted by Crippen LogP contribution is -2.42. The van der Waals surface area contributed by atoms with E-state index in [1.807, 2.05) is 20.9 Å². The molecule has 3 heteroatoms. The molecular formula is C15H25NO2. The summed E-state index contributed by atoms with van der Waals surface area (Å²) in [5, 5.41) is 3.29. The molecule has 1 aromatic carbocycles. The van der Waals surface area contributed by atoms with E-state index in [4.69, 9.17) is 9.47 Å². The number of ether oxygens (including phenoxy) is 2. The van der Waals surface area contributed by atoms with Crippen LogP contribution in [0.1, 0.15) is 25.0 Å². The Hall–Kier alpha value is -0.900. The van der Waals surface area contributed by atoms with E-state index in [0.29, 0.717) is 13.2 Å². The van der Waals surface area contributed by atoms with E-state index in [1.165, 1.54) is 11.1 Å². The molecule has 1 N–H and O–H groups in total. The molecule has 0 aromatic heterocycles. The first-order valence-corrected chi connectivity index (χ1v) is 6.67. The van der Waals surface area contributed by atoms with Crippen LogP contribution in [0.15, 0.2) is 24.3 Å². The monoisotopic (exact) mass is 251 g/mol. The van der Waals surface area contributed by atoms with Crippen molar-refractivity contribution in [1.82, 2.24) is 5.32 Å². The van der Waals surface area contributed by atoms with Crippen LogP contribution in [0.3, 0.4) is 0 Å². The van der Waals surface area contributed by atoms with E-state index in [-0.39, 0.29) is 12.3 Å². The predicted molar refractivity (Wildman–Crippen MR) is 74.8 cm³/mol. The molecule has 1 unspecified atom stereocenters. The van der Waals surface area contributed by atoms with Crippen molar-refractivity contribution in [2.75, 3.05) is 20.3 Å². The van der Waals surface area contributed by atoms with Crippen molar-refractivity contribution in [3.63, 3.8) is 0 Å². The highest BCUT2D eigenvalue weighted by Gasteiger charge is 2.20. The number of nitrogens with one attached hydrogen (secondary N) is 1. The number of likely N-dealkylation sites (N-methyl/N-ethyl adjacent to an activating group) is 1.